The molecular weight excluding hydrogens is 378 g/mol. The van der Waals surface area contributed by atoms with E-state index in [-0.39, 0.29) is 72.5 Å². The molecular formula is C17H34Na2O4S2. The van der Waals surface area contributed by atoms with Crippen molar-refractivity contribution in [2.24, 2.45) is 10.8 Å². The Bertz CT molecular complexity index is 378. The van der Waals surface area contributed by atoms with Gasteiger partial charge in [-0.1, -0.05) is 6.42 Å². The van der Waals surface area contributed by atoms with Crippen LogP contribution in [0.1, 0.15) is 75.5 Å². The van der Waals surface area contributed by atoms with E-state index in [9.17, 15) is 9.59 Å². The molecule has 0 bridgehead atoms. The molecule has 0 aliphatic heterocycles. The third-order valence-electron chi connectivity index (χ3n) is 4.44. The molecule has 0 fully saturated rings. The largest absolute Gasteiger partial charge is 1.00 e. The van der Waals surface area contributed by atoms with Crippen molar-refractivity contribution in [3.8, 4) is 0 Å². The van der Waals surface area contributed by atoms with Gasteiger partial charge in [-0.2, -0.15) is 25.3 Å². The van der Waals surface area contributed by atoms with Crippen molar-refractivity contribution in [2.75, 3.05) is 0 Å². The molecule has 0 rings (SSSR count). The maximum Gasteiger partial charge on any atom is 1.00 e. The minimum Gasteiger partial charge on any atom is -1.00 e. The molecule has 4 nitrogen and oxygen atoms in total. The zero-order valence-electron chi connectivity index (χ0n) is 18.7. The second kappa shape index (κ2) is 14.6. The molecule has 0 aliphatic carbocycles. The molecule has 0 saturated carbocycles. The van der Waals surface area contributed by atoms with Gasteiger partial charge in [0.15, 0.2) is 0 Å². The molecule has 0 radical (unpaired) electrons. The van der Waals surface area contributed by atoms with E-state index in [0.717, 1.165) is 32.1 Å². The average Bonchev–Trinajstić information content (AvgIpc) is 2.43. The van der Waals surface area contributed by atoms with E-state index in [2.05, 4.69) is 25.3 Å². The van der Waals surface area contributed by atoms with Gasteiger partial charge < -0.3 is 13.1 Å². The van der Waals surface area contributed by atoms with Crippen LogP contribution >= 0.6 is 25.3 Å². The van der Waals surface area contributed by atoms with Crippen LogP contribution in [0.15, 0.2) is 0 Å². The number of carbonyl (C=O) groups is 2. The third-order valence-corrected chi connectivity index (χ3v) is 5.47. The molecule has 0 heterocycles. The predicted octanol–water partition coefficient (Wildman–Crippen LogP) is -1.23. The number of hydrogen-bond donors (Lipinski definition) is 4. The summed E-state index contributed by atoms with van der Waals surface area (Å²) in [5.74, 6) is -1.54. The van der Waals surface area contributed by atoms with E-state index >= 15 is 0 Å². The number of carboxylic acid groups (broad SMARTS) is 2. The zero-order chi connectivity index (χ0) is 18.3. The molecule has 0 aromatic heterocycles. The summed E-state index contributed by atoms with van der Waals surface area (Å²) in [6.07, 6.45) is 5.64. The Morgan fingerprint density at radius 2 is 1.08 bits per heavy atom. The maximum absolute atomic E-state index is 11.1. The zero-order valence-corrected chi connectivity index (χ0v) is 22.5. The summed E-state index contributed by atoms with van der Waals surface area (Å²) in [7, 11) is 0. The number of hydrogen-bond acceptors (Lipinski definition) is 4. The van der Waals surface area contributed by atoms with Crippen LogP contribution < -0.4 is 59.1 Å². The second-order valence-corrected chi connectivity index (χ2v) is 9.15. The Morgan fingerprint density at radius 1 is 0.800 bits per heavy atom. The van der Waals surface area contributed by atoms with E-state index in [1.165, 1.54) is 0 Å². The van der Waals surface area contributed by atoms with E-state index in [1.54, 1.807) is 27.7 Å². The summed E-state index contributed by atoms with van der Waals surface area (Å²) in [4.78, 5) is 22.1. The van der Waals surface area contributed by atoms with Gasteiger partial charge in [-0.05, 0) is 66.2 Å². The van der Waals surface area contributed by atoms with Crippen LogP contribution in [0.3, 0.4) is 0 Å². The molecule has 25 heavy (non-hydrogen) atoms. The van der Waals surface area contributed by atoms with Crippen LogP contribution in [0.5, 0.6) is 0 Å². The molecule has 2 N–H and O–H groups in total. The summed E-state index contributed by atoms with van der Waals surface area (Å²) < 4.78 is 0. The Hall–Kier alpha value is 1.64. The van der Waals surface area contributed by atoms with Crippen LogP contribution in [0.2, 0.25) is 0 Å². The van der Waals surface area contributed by atoms with Crippen molar-refractivity contribution in [2.45, 2.75) is 83.1 Å². The van der Waals surface area contributed by atoms with Crippen molar-refractivity contribution < 1.29 is 81.8 Å². The molecule has 0 aliphatic rings. The first-order valence-electron chi connectivity index (χ1n) is 8.21. The first-order valence-corrected chi connectivity index (χ1v) is 9.24. The fraction of sp³-hybridized carbons (Fsp3) is 0.882. The van der Waals surface area contributed by atoms with Gasteiger partial charge in [-0.15, -0.1) is 0 Å². The first kappa shape index (κ1) is 31.3. The molecule has 2 atom stereocenters. The van der Waals surface area contributed by atoms with E-state index < -0.39 is 22.8 Å². The molecule has 0 spiro atoms. The Labute approximate surface area is 211 Å². The fourth-order valence-corrected chi connectivity index (χ4v) is 2.77. The summed E-state index contributed by atoms with van der Waals surface area (Å²) in [6.45, 7) is 6.96. The van der Waals surface area contributed by atoms with Crippen LogP contribution in [-0.4, -0.2) is 32.7 Å². The minimum atomic E-state index is -0.769. The molecule has 140 valence electrons. The average molecular weight is 413 g/mol. The van der Waals surface area contributed by atoms with Gasteiger partial charge in [0.1, 0.15) is 0 Å². The fourth-order valence-electron chi connectivity index (χ4n) is 2.15. The standard InChI is InChI=1S/C17H32O4S2.2Na.2H/c1-16(2,14(18)19)10-8-12(22)6-5-7-13(23)9-11-17(3,4)15(20)21;;;;/h12-13,22-23H,5-11H2,1-4H3,(H,18,19)(H,20,21);;;;/q;2*+1;2*-1. The van der Waals surface area contributed by atoms with E-state index in [1.807, 2.05) is 0 Å². The van der Waals surface area contributed by atoms with Gasteiger partial charge in [0.25, 0.3) is 0 Å². The van der Waals surface area contributed by atoms with Gasteiger partial charge in [-0.3, -0.25) is 9.59 Å². The molecule has 0 amide bonds. The van der Waals surface area contributed by atoms with Crippen molar-refractivity contribution in [1.29, 1.82) is 0 Å². The Balaban J connectivity index is -0.000000403. The molecule has 0 aromatic rings. The topological polar surface area (TPSA) is 74.6 Å². The SMILES string of the molecule is CC(C)(CCC(S)CCCC(S)CCC(C)(C)C(=O)O)C(=O)O.[H-].[H-].[Na+].[Na+]. The predicted molar refractivity (Wildman–Crippen MR) is 103 cm³/mol. The number of thiol groups is 2. The van der Waals surface area contributed by atoms with Crippen LogP contribution in [0, 0.1) is 10.8 Å². The van der Waals surface area contributed by atoms with Crippen LogP contribution in [-0.2, 0) is 9.59 Å². The van der Waals surface area contributed by atoms with E-state index in [0.29, 0.717) is 12.8 Å². The van der Waals surface area contributed by atoms with Gasteiger partial charge in [0.2, 0.25) is 0 Å². The van der Waals surface area contributed by atoms with Gasteiger partial charge in [0, 0.05) is 10.5 Å². The van der Waals surface area contributed by atoms with Gasteiger partial charge in [0.05, 0.1) is 10.8 Å². The third kappa shape index (κ3) is 14.3. The maximum atomic E-state index is 11.1. The molecule has 2 unspecified atom stereocenters. The summed E-state index contributed by atoms with van der Waals surface area (Å²) in [5.41, 5.74) is -1.40. The van der Waals surface area contributed by atoms with Crippen LogP contribution in [0.25, 0.3) is 0 Å². The monoisotopic (exact) mass is 412 g/mol. The summed E-state index contributed by atoms with van der Waals surface area (Å²) >= 11 is 9.08. The Kier molecular flexibility index (Phi) is 18.3. The summed E-state index contributed by atoms with van der Waals surface area (Å²) in [6, 6.07) is 0. The van der Waals surface area contributed by atoms with Gasteiger partial charge >= 0.3 is 71.1 Å². The van der Waals surface area contributed by atoms with Crippen molar-refractivity contribution in [1.82, 2.24) is 0 Å². The number of rotatable bonds is 12. The smallest absolute Gasteiger partial charge is 1.00 e. The molecule has 0 aromatic carbocycles. The number of carboxylic acids is 2. The molecule has 8 heteroatoms. The second-order valence-electron chi connectivity index (χ2n) is 7.69. The summed E-state index contributed by atoms with van der Waals surface area (Å²) in [5, 5.41) is 18.6. The van der Waals surface area contributed by atoms with Crippen LogP contribution in [0.4, 0.5) is 0 Å². The minimum absolute atomic E-state index is 0. The number of aliphatic carboxylic acids is 2. The van der Waals surface area contributed by atoms with E-state index in [4.69, 9.17) is 10.2 Å². The van der Waals surface area contributed by atoms with Gasteiger partial charge in [-0.25, -0.2) is 0 Å². The molecule has 0 saturated heterocycles. The van der Waals surface area contributed by atoms with Crippen molar-refractivity contribution >= 4 is 37.2 Å². The first-order chi connectivity index (χ1) is 10.4. The van der Waals surface area contributed by atoms with Crippen molar-refractivity contribution in [3.05, 3.63) is 0 Å². The Morgan fingerprint density at radius 3 is 1.32 bits per heavy atom. The normalized spacial score (nSPS) is 14.0. The van der Waals surface area contributed by atoms with Crippen molar-refractivity contribution in [3.63, 3.8) is 0 Å². The quantitative estimate of drug-likeness (QED) is 0.239.